The molecule has 3 rings (SSSR count). The van der Waals surface area contributed by atoms with E-state index in [9.17, 15) is 18.0 Å². The molecule has 1 atom stereocenters. The summed E-state index contributed by atoms with van der Waals surface area (Å²) in [5.41, 5.74) is 0.898. The predicted molar refractivity (Wildman–Crippen MR) is 93.1 cm³/mol. The first-order valence-electron chi connectivity index (χ1n) is 9.34. The van der Waals surface area contributed by atoms with Crippen LogP contribution in [0.1, 0.15) is 31.2 Å². The summed E-state index contributed by atoms with van der Waals surface area (Å²) in [6.45, 7) is 3.52. The van der Waals surface area contributed by atoms with E-state index in [0.29, 0.717) is 26.3 Å². The Morgan fingerprint density at radius 2 is 1.89 bits per heavy atom. The molecule has 0 saturated carbocycles. The van der Waals surface area contributed by atoms with Crippen LogP contribution in [0.2, 0.25) is 0 Å². The number of nitrogens with one attached hydrogen (secondary N) is 1. The molecule has 0 spiro atoms. The van der Waals surface area contributed by atoms with E-state index in [1.165, 1.54) is 12.1 Å². The van der Waals surface area contributed by atoms with Gasteiger partial charge in [-0.3, -0.25) is 9.69 Å². The number of carbonyl (C=O) groups excluding carboxylic acids is 1. The number of likely N-dealkylation sites (tertiary alicyclic amines) is 1. The van der Waals surface area contributed by atoms with E-state index in [1.54, 1.807) is 12.1 Å². The molecule has 0 aromatic heterocycles. The van der Waals surface area contributed by atoms with Gasteiger partial charge in [0.15, 0.2) is 0 Å². The molecule has 0 radical (unpaired) electrons. The van der Waals surface area contributed by atoms with E-state index in [2.05, 4.69) is 15.0 Å². The van der Waals surface area contributed by atoms with Crippen molar-refractivity contribution in [3.05, 3.63) is 29.8 Å². The molecule has 8 heteroatoms. The van der Waals surface area contributed by atoms with Gasteiger partial charge in [0.2, 0.25) is 5.91 Å². The maximum Gasteiger partial charge on any atom is 0.573 e. The molecule has 2 aliphatic heterocycles. The molecule has 2 saturated heterocycles. The maximum atomic E-state index is 12.5. The Morgan fingerprint density at radius 1 is 1.19 bits per heavy atom. The van der Waals surface area contributed by atoms with Crippen LogP contribution in [0, 0.1) is 5.92 Å². The predicted octanol–water partition coefficient (Wildman–Crippen LogP) is 3.09. The number of amides is 1. The SMILES string of the molecule is O=C(NC1CCOCC1)C1CCCN(Cc2ccc(OC(F)(F)F)cc2)C1. The first-order chi connectivity index (χ1) is 12.9. The lowest BCUT2D eigenvalue weighted by molar-refractivity contribution is -0.274. The maximum absolute atomic E-state index is 12.5. The fourth-order valence-electron chi connectivity index (χ4n) is 3.63. The minimum atomic E-state index is -4.68. The van der Waals surface area contributed by atoms with Gasteiger partial charge in [0, 0.05) is 32.3 Å². The van der Waals surface area contributed by atoms with Crippen LogP contribution >= 0.6 is 0 Å². The highest BCUT2D eigenvalue weighted by Gasteiger charge is 2.31. The van der Waals surface area contributed by atoms with Gasteiger partial charge in [-0.15, -0.1) is 13.2 Å². The van der Waals surface area contributed by atoms with Gasteiger partial charge in [-0.2, -0.15) is 0 Å². The Hall–Kier alpha value is -1.80. The number of piperidine rings is 1. The van der Waals surface area contributed by atoms with Crippen molar-refractivity contribution in [2.45, 2.75) is 44.6 Å². The molecular weight excluding hydrogens is 361 g/mol. The van der Waals surface area contributed by atoms with Gasteiger partial charge in [-0.25, -0.2) is 0 Å². The summed E-state index contributed by atoms with van der Waals surface area (Å²) in [5.74, 6) is -0.173. The number of alkyl halides is 3. The molecule has 27 heavy (non-hydrogen) atoms. The molecule has 0 bridgehead atoms. The number of nitrogens with zero attached hydrogens (tertiary/aromatic N) is 1. The summed E-state index contributed by atoms with van der Waals surface area (Å²) < 4.78 is 45.9. The second-order valence-corrected chi connectivity index (χ2v) is 7.16. The number of hydrogen-bond acceptors (Lipinski definition) is 4. The van der Waals surface area contributed by atoms with E-state index in [0.717, 1.165) is 37.8 Å². The van der Waals surface area contributed by atoms with Gasteiger partial charge >= 0.3 is 6.36 Å². The van der Waals surface area contributed by atoms with Gasteiger partial charge in [0.25, 0.3) is 0 Å². The Bertz CT molecular complexity index is 616. The fourth-order valence-corrected chi connectivity index (χ4v) is 3.63. The zero-order valence-electron chi connectivity index (χ0n) is 15.1. The number of rotatable bonds is 5. The van der Waals surface area contributed by atoms with Crippen LogP contribution in [-0.4, -0.2) is 49.5 Å². The molecule has 150 valence electrons. The molecular formula is C19H25F3N2O3. The lowest BCUT2D eigenvalue weighted by Crippen LogP contribution is -2.47. The number of carbonyl (C=O) groups is 1. The lowest BCUT2D eigenvalue weighted by Gasteiger charge is -2.33. The largest absolute Gasteiger partial charge is 0.573 e. The van der Waals surface area contributed by atoms with Gasteiger partial charge in [0.05, 0.1) is 5.92 Å². The van der Waals surface area contributed by atoms with E-state index in [4.69, 9.17) is 4.74 Å². The van der Waals surface area contributed by atoms with Crippen molar-refractivity contribution in [3.8, 4) is 5.75 Å². The Balaban J connectivity index is 1.49. The highest BCUT2D eigenvalue weighted by atomic mass is 19.4. The number of halogens is 3. The van der Waals surface area contributed by atoms with Gasteiger partial charge in [-0.1, -0.05) is 12.1 Å². The molecule has 1 N–H and O–H groups in total. The smallest absolute Gasteiger partial charge is 0.406 e. The molecule has 1 aromatic rings. The summed E-state index contributed by atoms with van der Waals surface area (Å²) in [6, 6.07) is 6.10. The number of hydrogen-bond donors (Lipinski definition) is 1. The molecule has 5 nitrogen and oxygen atoms in total. The van der Waals surface area contributed by atoms with Gasteiger partial charge in [-0.05, 0) is 49.9 Å². The van der Waals surface area contributed by atoms with E-state index in [1.807, 2.05) is 0 Å². The minimum absolute atomic E-state index is 0.0468. The van der Waals surface area contributed by atoms with Crippen molar-refractivity contribution in [1.82, 2.24) is 10.2 Å². The molecule has 0 aliphatic carbocycles. The van der Waals surface area contributed by atoms with E-state index >= 15 is 0 Å². The van der Waals surface area contributed by atoms with Crippen LogP contribution in [0.25, 0.3) is 0 Å². The summed E-state index contributed by atoms with van der Waals surface area (Å²) in [4.78, 5) is 14.7. The van der Waals surface area contributed by atoms with Crippen LogP contribution < -0.4 is 10.1 Å². The van der Waals surface area contributed by atoms with Crippen LogP contribution in [0.3, 0.4) is 0 Å². The summed E-state index contributed by atoms with van der Waals surface area (Å²) in [6.07, 6.45) is -1.17. The van der Waals surface area contributed by atoms with Crippen LogP contribution in [0.15, 0.2) is 24.3 Å². The zero-order valence-corrected chi connectivity index (χ0v) is 15.1. The third-order valence-corrected chi connectivity index (χ3v) is 5.01. The van der Waals surface area contributed by atoms with Gasteiger partial charge in [0.1, 0.15) is 5.75 Å². The quantitative estimate of drug-likeness (QED) is 0.845. The first-order valence-corrected chi connectivity index (χ1v) is 9.34. The van der Waals surface area contributed by atoms with Crippen molar-refractivity contribution in [2.24, 2.45) is 5.92 Å². The summed E-state index contributed by atoms with van der Waals surface area (Å²) in [7, 11) is 0. The molecule has 2 aliphatic rings. The van der Waals surface area contributed by atoms with Crippen molar-refractivity contribution < 1.29 is 27.4 Å². The normalized spacial score (nSPS) is 22.4. The van der Waals surface area contributed by atoms with Crippen LogP contribution in [0.4, 0.5) is 13.2 Å². The van der Waals surface area contributed by atoms with Crippen molar-refractivity contribution >= 4 is 5.91 Å². The van der Waals surface area contributed by atoms with Crippen molar-refractivity contribution in [1.29, 1.82) is 0 Å². The fraction of sp³-hybridized carbons (Fsp3) is 0.632. The van der Waals surface area contributed by atoms with Gasteiger partial charge < -0.3 is 14.8 Å². The first kappa shape index (κ1) is 19.9. The Labute approximate surface area is 156 Å². The average Bonchev–Trinajstić information content (AvgIpc) is 2.63. The molecule has 1 aromatic carbocycles. The standard InChI is InChI=1S/C19H25F3N2O3/c20-19(21,22)27-17-5-3-14(4-6-17)12-24-9-1-2-15(13-24)18(25)23-16-7-10-26-11-8-16/h3-6,15-16H,1-2,7-13H2,(H,23,25). The van der Waals surface area contributed by atoms with E-state index < -0.39 is 6.36 Å². The summed E-state index contributed by atoms with van der Waals surface area (Å²) >= 11 is 0. The second-order valence-electron chi connectivity index (χ2n) is 7.16. The van der Waals surface area contributed by atoms with Crippen molar-refractivity contribution in [2.75, 3.05) is 26.3 Å². The van der Waals surface area contributed by atoms with E-state index in [-0.39, 0.29) is 23.6 Å². The topological polar surface area (TPSA) is 50.8 Å². The Kier molecular flexibility index (Phi) is 6.59. The summed E-state index contributed by atoms with van der Waals surface area (Å²) in [5, 5.41) is 3.13. The molecule has 2 fully saturated rings. The lowest BCUT2D eigenvalue weighted by atomic mass is 9.95. The zero-order chi connectivity index (χ0) is 19.3. The third-order valence-electron chi connectivity index (χ3n) is 5.01. The Morgan fingerprint density at radius 3 is 2.56 bits per heavy atom. The molecule has 2 heterocycles. The second kappa shape index (κ2) is 8.93. The number of ether oxygens (including phenoxy) is 2. The molecule has 1 amide bonds. The minimum Gasteiger partial charge on any atom is -0.406 e. The number of benzene rings is 1. The highest BCUT2D eigenvalue weighted by Crippen LogP contribution is 2.24. The monoisotopic (exact) mass is 386 g/mol. The molecule has 1 unspecified atom stereocenters. The highest BCUT2D eigenvalue weighted by molar-refractivity contribution is 5.79. The van der Waals surface area contributed by atoms with Crippen LogP contribution in [-0.2, 0) is 16.1 Å². The average molecular weight is 386 g/mol. The van der Waals surface area contributed by atoms with Crippen LogP contribution in [0.5, 0.6) is 5.75 Å². The third kappa shape index (κ3) is 6.39. The van der Waals surface area contributed by atoms with Crippen molar-refractivity contribution in [3.63, 3.8) is 0 Å².